The van der Waals surface area contributed by atoms with E-state index in [1.807, 2.05) is 0 Å². The second kappa shape index (κ2) is 5.75. The smallest absolute Gasteiger partial charge is 0.240 e. The molecule has 0 aromatic heterocycles. The minimum Gasteiger partial charge on any atom is -0.368 e. The van der Waals surface area contributed by atoms with Gasteiger partial charge in [-0.3, -0.25) is 4.79 Å². The zero-order chi connectivity index (χ0) is 9.56. The van der Waals surface area contributed by atoms with Gasteiger partial charge in [-0.25, -0.2) is 0 Å². The maximum absolute atomic E-state index is 10.6. The number of nitriles is 1. The van der Waals surface area contributed by atoms with Crippen molar-refractivity contribution in [2.45, 2.75) is 0 Å². The van der Waals surface area contributed by atoms with Gasteiger partial charge in [0.05, 0.1) is 10.3 Å². The zero-order valence-corrected chi connectivity index (χ0v) is 7.95. The number of carbonyl (C=O) groups is 1. The van der Waals surface area contributed by atoms with Gasteiger partial charge in [-0.15, -0.1) is 18.3 Å². The first-order chi connectivity index (χ1) is 5.63. The lowest BCUT2D eigenvalue weighted by Gasteiger charge is -2.03. The van der Waals surface area contributed by atoms with Crippen LogP contribution in [0, 0.1) is 17.2 Å². The van der Waals surface area contributed by atoms with Gasteiger partial charge in [0.15, 0.2) is 5.92 Å². The van der Waals surface area contributed by atoms with Crippen LogP contribution in [0.25, 0.3) is 0 Å². The predicted molar refractivity (Wildman–Crippen MR) is 53.6 cm³/mol. The molecule has 3 nitrogen and oxygen atoms in total. The fraction of sp³-hybridized carbons (Fsp3) is 0.286. The minimum absolute atomic E-state index is 0.310. The van der Waals surface area contributed by atoms with Crippen molar-refractivity contribution in [2.24, 2.45) is 11.7 Å². The van der Waals surface area contributed by atoms with Crippen molar-refractivity contribution in [3.8, 4) is 6.07 Å². The van der Waals surface area contributed by atoms with E-state index in [4.69, 9.17) is 23.2 Å². The van der Waals surface area contributed by atoms with Crippen LogP contribution in [0.15, 0.2) is 12.7 Å². The van der Waals surface area contributed by atoms with Gasteiger partial charge in [-0.2, -0.15) is 5.26 Å². The molecule has 0 aliphatic rings. The molecule has 0 heterocycles. The van der Waals surface area contributed by atoms with Gasteiger partial charge in [0.1, 0.15) is 0 Å². The van der Waals surface area contributed by atoms with E-state index in [-0.39, 0.29) is 0 Å². The summed E-state index contributed by atoms with van der Waals surface area (Å²) in [6.07, 6.45) is 1.65. The van der Waals surface area contributed by atoms with Crippen molar-refractivity contribution >= 4 is 34.1 Å². The summed E-state index contributed by atoms with van der Waals surface area (Å²) in [5.74, 6) is -1.08. The molecule has 0 saturated carbocycles. The van der Waals surface area contributed by atoms with Gasteiger partial charge in [-0.05, 0) is 0 Å². The second-order valence-corrected chi connectivity index (χ2v) is 3.64. The summed E-state index contributed by atoms with van der Waals surface area (Å²) < 4.78 is 0.310. The molecule has 1 amide bonds. The summed E-state index contributed by atoms with van der Waals surface area (Å²) in [5.41, 5.74) is 4.93. The van der Waals surface area contributed by atoms with E-state index in [0.717, 1.165) is 0 Å². The third kappa shape index (κ3) is 3.51. The Bertz CT molecular complexity index is 244. The van der Waals surface area contributed by atoms with Crippen molar-refractivity contribution in [1.29, 1.82) is 5.26 Å². The Hall–Kier alpha value is -0.860. The van der Waals surface area contributed by atoms with Crippen LogP contribution >= 0.6 is 24.0 Å². The molecule has 5 heteroatoms. The van der Waals surface area contributed by atoms with Crippen LogP contribution in [-0.2, 0) is 4.79 Å². The van der Waals surface area contributed by atoms with Gasteiger partial charge >= 0.3 is 0 Å². The Labute approximate surface area is 80.6 Å². The third-order valence-electron chi connectivity index (χ3n) is 0.993. The predicted octanol–water partition coefficient (Wildman–Crippen LogP) is 0.858. The van der Waals surface area contributed by atoms with Crippen molar-refractivity contribution in [3.63, 3.8) is 0 Å². The number of rotatable bonds is 4. The first-order valence-corrected chi connectivity index (χ1v) is 4.49. The molecule has 0 aromatic carbocycles. The van der Waals surface area contributed by atoms with E-state index >= 15 is 0 Å². The van der Waals surface area contributed by atoms with E-state index in [0.29, 0.717) is 9.95 Å². The topological polar surface area (TPSA) is 66.9 Å². The number of nitrogens with two attached hydrogens (primary N) is 1. The fourth-order valence-electron chi connectivity index (χ4n) is 0.457. The summed E-state index contributed by atoms with van der Waals surface area (Å²) in [6, 6.07) is 1.74. The van der Waals surface area contributed by atoms with Gasteiger partial charge in [0, 0.05) is 5.75 Å². The largest absolute Gasteiger partial charge is 0.368 e. The molecule has 0 fully saturated rings. The van der Waals surface area contributed by atoms with Crippen LogP contribution in [0.3, 0.4) is 0 Å². The third-order valence-corrected chi connectivity index (χ3v) is 2.50. The molecule has 1 unspecified atom stereocenters. The Morgan fingerprint density at radius 1 is 1.92 bits per heavy atom. The lowest BCUT2D eigenvalue weighted by Crippen LogP contribution is -2.26. The standard InChI is InChI=1S/C7H8N2OS2/c1-2-3-12-7(11)5(4-8)6(9)10/h2,5H,1,3H2,(H2,9,10). The lowest BCUT2D eigenvalue weighted by atomic mass is 10.2. The number of hydrogen-bond donors (Lipinski definition) is 1. The Morgan fingerprint density at radius 2 is 2.50 bits per heavy atom. The number of primary amides is 1. The highest BCUT2D eigenvalue weighted by Crippen LogP contribution is 2.12. The van der Waals surface area contributed by atoms with Crippen LogP contribution in [0.1, 0.15) is 0 Å². The normalized spacial score (nSPS) is 11.2. The molecule has 0 radical (unpaired) electrons. The van der Waals surface area contributed by atoms with Crippen LogP contribution < -0.4 is 5.73 Å². The zero-order valence-electron chi connectivity index (χ0n) is 6.32. The van der Waals surface area contributed by atoms with Crippen molar-refractivity contribution in [1.82, 2.24) is 0 Å². The average molecular weight is 200 g/mol. The number of thioether (sulfide) groups is 1. The molecule has 12 heavy (non-hydrogen) atoms. The molecule has 0 saturated heterocycles. The number of nitrogens with zero attached hydrogens (tertiary/aromatic N) is 1. The number of thiocarbonyl (C=S) groups is 1. The van der Waals surface area contributed by atoms with Gasteiger partial charge in [0.25, 0.3) is 0 Å². The van der Waals surface area contributed by atoms with E-state index in [9.17, 15) is 4.79 Å². The van der Waals surface area contributed by atoms with Gasteiger partial charge in [-0.1, -0.05) is 18.3 Å². The Morgan fingerprint density at radius 3 is 2.83 bits per heavy atom. The van der Waals surface area contributed by atoms with Gasteiger partial charge in [0.2, 0.25) is 5.91 Å². The highest BCUT2D eigenvalue weighted by molar-refractivity contribution is 8.23. The SMILES string of the molecule is C=CCSC(=S)C(C#N)C(N)=O. The molecule has 0 aliphatic carbocycles. The van der Waals surface area contributed by atoms with E-state index in [2.05, 4.69) is 6.58 Å². The summed E-state index contributed by atoms with van der Waals surface area (Å²) in [5, 5.41) is 8.49. The molecule has 64 valence electrons. The molecule has 0 bridgehead atoms. The molecule has 0 spiro atoms. The quantitative estimate of drug-likeness (QED) is 0.540. The van der Waals surface area contributed by atoms with Crippen LogP contribution in [0.2, 0.25) is 0 Å². The van der Waals surface area contributed by atoms with Crippen molar-refractivity contribution in [3.05, 3.63) is 12.7 Å². The van der Waals surface area contributed by atoms with E-state index in [1.54, 1.807) is 12.1 Å². The lowest BCUT2D eigenvalue weighted by molar-refractivity contribution is -0.118. The van der Waals surface area contributed by atoms with E-state index < -0.39 is 11.8 Å². The molecule has 0 rings (SSSR count). The average Bonchev–Trinajstić information content (AvgIpc) is 2.01. The molecule has 0 aromatic rings. The first-order valence-electron chi connectivity index (χ1n) is 3.10. The molecular formula is C7H8N2OS2. The van der Waals surface area contributed by atoms with E-state index in [1.165, 1.54) is 11.8 Å². The van der Waals surface area contributed by atoms with Crippen molar-refractivity contribution in [2.75, 3.05) is 5.75 Å². The van der Waals surface area contributed by atoms with Crippen LogP contribution in [0.5, 0.6) is 0 Å². The maximum atomic E-state index is 10.6. The highest BCUT2D eigenvalue weighted by atomic mass is 32.2. The van der Waals surface area contributed by atoms with Crippen LogP contribution in [0.4, 0.5) is 0 Å². The maximum Gasteiger partial charge on any atom is 0.240 e. The number of amides is 1. The van der Waals surface area contributed by atoms with Gasteiger partial charge < -0.3 is 5.73 Å². The molecule has 2 N–H and O–H groups in total. The van der Waals surface area contributed by atoms with Crippen molar-refractivity contribution < 1.29 is 4.79 Å². The first kappa shape index (κ1) is 11.1. The fourth-order valence-corrected chi connectivity index (χ4v) is 1.45. The summed E-state index contributed by atoms with van der Waals surface area (Å²) >= 11 is 6.04. The molecule has 1 atom stereocenters. The summed E-state index contributed by atoms with van der Waals surface area (Å²) in [6.45, 7) is 3.48. The number of carbonyl (C=O) groups excluding carboxylic acids is 1. The summed E-state index contributed by atoms with van der Waals surface area (Å²) in [7, 11) is 0. The minimum atomic E-state index is -0.968. The number of hydrogen-bond acceptors (Lipinski definition) is 4. The highest BCUT2D eigenvalue weighted by Gasteiger charge is 2.19. The molecular weight excluding hydrogens is 192 g/mol. The Balaban J connectivity index is 4.15. The Kier molecular flexibility index (Phi) is 5.34. The second-order valence-electron chi connectivity index (χ2n) is 1.88. The summed E-state index contributed by atoms with van der Waals surface area (Å²) in [4.78, 5) is 10.6. The monoisotopic (exact) mass is 200 g/mol. The van der Waals surface area contributed by atoms with Crippen LogP contribution in [-0.4, -0.2) is 15.9 Å². The molecule has 0 aliphatic heterocycles.